The van der Waals surface area contributed by atoms with Crippen LogP contribution in [0.5, 0.6) is 0 Å². The van der Waals surface area contributed by atoms with Crippen molar-refractivity contribution in [3.05, 3.63) is 0 Å². The quantitative estimate of drug-likeness (QED) is 0.257. The molecule has 1 aliphatic heterocycles. The van der Waals surface area contributed by atoms with Crippen LogP contribution in [-0.2, 0) is 9.53 Å². The van der Waals surface area contributed by atoms with Gasteiger partial charge in [0.05, 0.1) is 0 Å². The van der Waals surface area contributed by atoms with Gasteiger partial charge in [-0.3, -0.25) is 4.79 Å². The molecular weight excluding hydrogens is 508 g/mol. The molecule has 3 amide bonds. The Kier molecular flexibility index (Phi) is 11.0. The van der Waals surface area contributed by atoms with Crippen molar-refractivity contribution in [2.24, 2.45) is 28.1 Å². The first-order chi connectivity index (χ1) is 18.1. The normalized spacial score (nSPS) is 23.4. The molecule has 1 heterocycles. The van der Waals surface area contributed by atoms with Gasteiger partial charge in [0.15, 0.2) is 0 Å². The maximum Gasteiger partial charge on any atom is 0.407 e. The second kappa shape index (κ2) is 12.9. The highest BCUT2D eigenvalue weighted by Crippen LogP contribution is 2.40. The predicted molar refractivity (Wildman–Crippen MR) is 159 cm³/mol. The van der Waals surface area contributed by atoms with Crippen LogP contribution in [0.25, 0.3) is 0 Å². The zero-order valence-corrected chi connectivity index (χ0v) is 27.1. The molecule has 1 unspecified atom stereocenters. The van der Waals surface area contributed by atoms with E-state index in [9.17, 15) is 19.5 Å². The van der Waals surface area contributed by atoms with Crippen molar-refractivity contribution >= 4 is 18.1 Å². The van der Waals surface area contributed by atoms with E-state index in [1.165, 1.54) is 0 Å². The summed E-state index contributed by atoms with van der Waals surface area (Å²) < 4.78 is 5.39. The van der Waals surface area contributed by atoms with Crippen LogP contribution in [-0.4, -0.2) is 71.5 Å². The zero-order chi connectivity index (χ0) is 30.7. The van der Waals surface area contributed by atoms with Crippen LogP contribution in [0.3, 0.4) is 0 Å². The average molecular weight is 567 g/mol. The van der Waals surface area contributed by atoms with Crippen LogP contribution in [0, 0.1) is 28.1 Å². The van der Waals surface area contributed by atoms with Crippen LogP contribution in [0.2, 0.25) is 0 Å². The highest BCUT2D eigenvalue weighted by atomic mass is 16.6. The number of carbonyl (C=O) groups is 3. The lowest BCUT2D eigenvalue weighted by atomic mass is 9.73. The van der Waals surface area contributed by atoms with Gasteiger partial charge in [-0.1, -0.05) is 48.5 Å². The van der Waals surface area contributed by atoms with Gasteiger partial charge in [-0.2, -0.15) is 0 Å². The minimum atomic E-state index is -1.15. The molecule has 0 aromatic rings. The summed E-state index contributed by atoms with van der Waals surface area (Å²) in [6.45, 7) is 24.9. The van der Waals surface area contributed by atoms with Crippen molar-refractivity contribution < 1.29 is 24.2 Å². The average Bonchev–Trinajstić information content (AvgIpc) is 3.27. The number of nitrogens with one attached hydrogen (secondary N) is 3. The minimum Gasteiger partial charge on any atom is -0.465 e. The van der Waals surface area contributed by atoms with Gasteiger partial charge in [0, 0.05) is 31.7 Å². The SMILES string of the molecule is CC(CC(C)(C)CN[C@H]1CC[C@@H]2CN(C(=O)[C@H](CC(C)(C)CC(C)(C)C)NC(=O)O)C[C@@H]21)NC(=O)OC(C)(C)C. The summed E-state index contributed by atoms with van der Waals surface area (Å²) >= 11 is 0. The molecule has 9 heteroatoms. The van der Waals surface area contributed by atoms with E-state index in [1.54, 1.807) is 0 Å². The largest absolute Gasteiger partial charge is 0.465 e. The van der Waals surface area contributed by atoms with E-state index in [1.807, 2.05) is 32.6 Å². The molecule has 4 N–H and O–H groups in total. The molecule has 1 saturated carbocycles. The molecule has 40 heavy (non-hydrogen) atoms. The standard InChI is InChI=1S/C31H58N4O5/c1-20(33-27(39)40-29(5,6)7)14-31(10,11)19-32-23-13-12-21-16-35(17-22(21)23)25(36)24(34-26(37)38)15-30(8,9)18-28(2,3)4/h20-24,32,34H,12-19H2,1-11H3,(H,33,39)(H,37,38)/t20?,21-,22+,23+,24+/m1/s1. The highest BCUT2D eigenvalue weighted by molar-refractivity contribution is 5.85. The summed E-state index contributed by atoms with van der Waals surface area (Å²) in [7, 11) is 0. The number of fused-ring (bicyclic) bond motifs is 1. The van der Waals surface area contributed by atoms with Gasteiger partial charge in [-0.15, -0.1) is 0 Å². The number of carboxylic acid groups (broad SMARTS) is 1. The van der Waals surface area contributed by atoms with E-state index < -0.39 is 23.8 Å². The number of nitrogens with zero attached hydrogens (tertiary/aromatic N) is 1. The van der Waals surface area contributed by atoms with Gasteiger partial charge in [0.1, 0.15) is 11.6 Å². The van der Waals surface area contributed by atoms with Crippen molar-refractivity contribution in [1.29, 1.82) is 0 Å². The summed E-state index contributed by atoms with van der Waals surface area (Å²) in [5.74, 6) is 0.704. The minimum absolute atomic E-state index is 0.0243. The van der Waals surface area contributed by atoms with Gasteiger partial charge in [-0.05, 0) is 87.9 Å². The maximum atomic E-state index is 13.6. The third-order valence-corrected chi connectivity index (χ3v) is 7.99. The van der Waals surface area contributed by atoms with Crippen molar-refractivity contribution in [2.75, 3.05) is 19.6 Å². The molecule has 2 aliphatic rings. The number of ether oxygens (including phenoxy) is 1. The van der Waals surface area contributed by atoms with Crippen LogP contribution < -0.4 is 16.0 Å². The fourth-order valence-corrected chi connectivity index (χ4v) is 7.20. The second-order valence-corrected chi connectivity index (χ2v) is 16.3. The number of carbonyl (C=O) groups excluding carboxylic acids is 2. The lowest BCUT2D eigenvalue weighted by Gasteiger charge is -2.36. The highest BCUT2D eigenvalue weighted by Gasteiger charge is 2.46. The van der Waals surface area contributed by atoms with Crippen molar-refractivity contribution in [2.45, 2.75) is 132 Å². The molecule has 1 aliphatic carbocycles. The number of likely N-dealkylation sites (tertiary alicyclic amines) is 1. The first kappa shape index (κ1) is 34.2. The van der Waals surface area contributed by atoms with Crippen LogP contribution in [0.15, 0.2) is 0 Å². The number of hydrogen-bond donors (Lipinski definition) is 4. The molecule has 2 rings (SSSR count). The summed E-state index contributed by atoms with van der Waals surface area (Å²) in [5.41, 5.74) is -0.665. The smallest absolute Gasteiger partial charge is 0.407 e. The Morgan fingerprint density at radius 2 is 1.52 bits per heavy atom. The van der Waals surface area contributed by atoms with E-state index in [0.717, 1.165) is 32.2 Å². The van der Waals surface area contributed by atoms with Crippen molar-refractivity contribution in [3.63, 3.8) is 0 Å². The van der Waals surface area contributed by atoms with Gasteiger partial charge in [-0.25, -0.2) is 9.59 Å². The molecule has 0 aromatic heterocycles. The Morgan fingerprint density at radius 1 is 0.900 bits per heavy atom. The lowest BCUT2D eigenvalue weighted by Crippen LogP contribution is -2.50. The van der Waals surface area contributed by atoms with E-state index >= 15 is 0 Å². The molecule has 0 aromatic carbocycles. The Bertz CT molecular complexity index is 889. The van der Waals surface area contributed by atoms with Crippen LogP contribution >= 0.6 is 0 Å². The first-order valence-electron chi connectivity index (χ1n) is 15.1. The van der Waals surface area contributed by atoms with E-state index in [0.29, 0.717) is 37.4 Å². The predicted octanol–water partition coefficient (Wildman–Crippen LogP) is 5.63. The number of hydrogen-bond acceptors (Lipinski definition) is 5. The summed E-state index contributed by atoms with van der Waals surface area (Å²) in [4.78, 5) is 39.3. The fourth-order valence-electron chi connectivity index (χ4n) is 7.20. The van der Waals surface area contributed by atoms with Crippen LogP contribution in [0.4, 0.5) is 9.59 Å². The van der Waals surface area contributed by atoms with E-state index in [2.05, 4.69) is 64.4 Å². The number of rotatable bonds is 11. The fraction of sp³-hybridized carbons (Fsp3) is 0.903. The van der Waals surface area contributed by atoms with Crippen molar-refractivity contribution in [3.8, 4) is 0 Å². The number of alkyl carbamates (subject to hydrolysis) is 1. The van der Waals surface area contributed by atoms with Gasteiger partial charge >= 0.3 is 12.2 Å². The summed E-state index contributed by atoms with van der Waals surface area (Å²) in [5, 5.41) is 18.8. The van der Waals surface area contributed by atoms with Crippen molar-refractivity contribution in [1.82, 2.24) is 20.9 Å². The Hall–Kier alpha value is -2.03. The monoisotopic (exact) mass is 566 g/mol. The molecule has 5 atom stereocenters. The van der Waals surface area contributed by atoms with E-state index in [4.69, 9.17) is 4.74 Å². The Balaban J connectivity index is 1.95. The summed E-state index contributed by atoms with van der Waals surface area (Å²) in [6.07, 6.45) is 2.77. The van der Waals surface area contributed by atoms with Gasteiger partial charge in [0.25, 0.3) is 0 Å². The van der Waals surface area contributed by atoms with Crippen LogP contribution in [0.1, 0.15) is 108 Å². The van der Waals surface area contributed by atoms with Gasteiger partial charge < -0.3 is 30.7 Å². The molecule has 1 saturated heterocycles. The molecular formula is C31H58N4O5. The molecule has 0 spiro atoms. The molecule has 9 nitrogen and oxygen atoms in total. The Labute approximate surface area is 242 Å². The lowest BCUT2D eigenvalue weighted by molar-refractivity contribution is -0.133. The van der Waals surface area contributed by atoms with Gasteiger partial charge in [0.2, 0.25) is 5.91 Å². The maximum absolute atomic E-state index is 13.6. The Morgan fingerprint density at radius 3 is 2.08 bits per heavy atom. The zero-order valence-electron chi connectivity index (χ0n) is 27.1. The first-order valence-corrected chi connectivity index (χ1v) is 15.1. The molecule has 232 valence electrons. The molecule has 2 fully saturated rings. The molecule has 0 bridgehead atoms. The third-order valence-electron chi connectivity index (χ3n) is 7.99. The summed E-state index contributed by atoms with van der Waals surface area (Å²) in [6, 6.07) is -0.443. The third kappa shape index (κ3) is 11.5. The van der Waals surface area contributed by atoms with E-state index in [-0.39, 0.29) is 28.2 Å². The second-order valence-electron chi connectivity index (χ2n) is 16.3. The molecule has 0 radical (unpaired) electrons. The topological polar surface area (TPSA) is 120 Å². The number of amides is 3.